The fourth-order valence-corrected chi connectivity index (χ4v) is 4.55. The molecule has 5 rings (SSSR count). The molecule has 2 aliphatic rings. The van der Waals surface area contributed by atoms with Crippen LogP contribution in [-0.4, -0.2) is 40.0 Å². The second-order valence-corrected chi connectivity index (χ2v) is 8.68. The summed E-state index contributed by atoms with van der Waals surface area (Å²) in [7, 11) is 0. The normalized spacial score (nSPS) is 18.3. The Hall–Kier alpha value is -3.19. The van der Waals surface area contributed by atoms with Crippen LogP contribution in [0.25, 0.3) is 11.3 Å². The Labute approximate surface area is 187 Å². The summed E-state index contributed by atoms with van der Waals surface area (Å²) >= 11 is 0. The zero-order chi connectivity index (χ0) is 22.1. The molecule has 0 unspecified atom stereocenters. The number of fused-ring (bicyclic) bond motifs is 1. The Morgan fingerprint density at radius 3 is 2.62 bits per heavy atom. The summed E-state index contributed by atoms with van der Waals surface area (Å²) in [6.45, 7) is 5.61. The Morgan fingerprint density at radius 2 is 1.91 bits per heavy atom. The summed E-state index contributed by atoms with van der Waals surface area (Å²) in [5, 5.41) is 6.86. The fourth-order valence-electron chi connectivity index (χ4n) is 4.55. The molecule has 7 heteroatoms. The van der Waals surface area contributed by atoms with Gasteiger partial charge in [0.15, 0.2) is 0 Å². The van der Waals surface area contributed by atoms with Gasteiger partial charge in [-0.1, -0.05) is 17.7 Å². The molecule has 0 saturated carbocycles. The lowest BCUT2D eigenvalue weighted by Crippen LogP contribution is -2.46. The fraction of sp³-hybridized carbons (Fsp3) is 0.360. The van der Waals surface area contributed by atoms with E-state index in [1.165, 1.54) is 17.7 Å². The number of anilines is 2. The predicted molar refractivity (Wildman–Crippen MR) is 123 cm³/mol. The van der Waals surface area contributed by atoms with Gasteiger partial charge in [0.25, 0.3) is 0 Å². The minimum Gasteiger partial charge on any atom is -0.340 e. The maximum atomic E-state index is 13.5. The van der Waals surface area contributed by atoms with Gasteiger partial charge in [-0.15, -0.1) is 0 Å². The van der Waals surface area contributed by atoms with Crippen molar-refractivity contribution in [1.29, 1.82) is 0 Å². The molecule has 3 aromatic rings. The summed E-state index contributed by atoms with van der Waals surface area (Å²) in [4.78, 5) is 19.9. The van der Waals surface area contributed by atoms with Gasteiger partial charge >= 0.3 is 0 Å². The summed E-state index contributed by atoms with van der Waals surface area (Å²) in [6.07, 6.45) is 1.98. The number of carbonyl (C=O) groups is 1. The highest BCUT2D eigenvalue weighted by molar-refractivity contribution is 5.80. The van der Waals surface area contributed by atoms with Crippen molar-refractivity contribution in [2.45, 2.75) is 32.9 Å². The number of rotatable bonds is 4. The van der Waals surface area contributed by atoms with Crippen molar-refractivity contribution in [1.82, 2.24) is 19.8 Å². The topological polar surface area (TPSA) is 62.2 Å². The summed E-state index contributed by atoms with van der Waals surface area (Å²) in [5.74, 6) is 1.71. The number of amides is 1. The van der Waals surface area contributed by atoms with Crippen LogP contribution in [0.3, 0.4) is 0 Å². The van der Waals surface area contributed by atoms with E-state index in [4.69, 9.17) is 4.98 Å². The van der Waals surface area contributed by atoms with Crippen molar-refractivity contribution in [3.8, 4) is 11.3 Å². The highest BCUT2D eigenvalue weighted by atomic mass is 19.1. The molecular weight excluding hydrogens is 405 g/mol. The molecule has 2 N–H and O–H groups in total. The van der Waals surface area contributed by atoms with Crippen molar-refractivity contribution >= 4 is 17.4 Å². The van der Waals surface area contributed by atoms with Crippen LogP contribution in [0.15, 0.2) is 48.5 Å². The predicted octanol–water partition coefficient (Wildman–Crippen LogP) is 4.08. The van der Waals surface area contributed by atoms with Crippen LogP contribution in [0.4, 0.5) is 15.9 Å². The molecule has 1 atom stereocenters. The first-order chi connectivity index (χ1) is 15.6. The third kappa shape index (κ3) is 4.12. The standard InChI is InChI=1S/C25H28FN5O/c1-17-4-10-21(11-5-17)28-24-23(18-6-8-20(26)9-7-18)29-22-16-30(13-14-31(22)24)25(32)19-3-2-12-27-15-19/h4-11,19,27-28H,2-3,12-16H2,1H3/t19-/m1/s1. The van der Waals surface area contributed by atoms with Crippen LogP contribution in [0, 0.1) is 18.7 Å². The average molecular weight is 434 g/mol. The van der Waals surface area contributed by atoms with Gasteiger partial charge in [0.2, 0.25) is 5.91 Å². The molecule has 0 radical (unpaired) electrons. The quantitative estimate of drug-likeness (QED) is 0.651. The van der Waals surface area contributed by atoms with E-state index >= 15 is 0 Å². The van der Waals surface area contributed by atoms with Crippen LogP contribution in [0.1, 0.15) is 24.2 Å². The van der Waals surface area contributed by atoms with E-state index in [2.05, 4.69) is 34.3 Å². The van der Waals surface area contributed by atoms with Gasteiger partial charge in [-0.05, 0) is 62.7 Å². The zero-order valence-corrected chi connectivity index (χ0v) is 18.3. The van der Waals surface area contributed by atoms with Crippen LogP contribution in [0.5, 0.6) is 0 Å². The molecule has 1 saturated heterocycles. The average Bonchev–Trinajstić information content (AvgIpc) is 3.18. The lowest BCUT2D eigenvalue weighted by atomic mass is 9.98. The summed E-state index contributed by atoms with van der Waals surface area (Å²) in [5.41, 5.74) is 3.77. The van der Waals surface area contributed by atoms with Gasteiger partial charge < -0.3 is 20.1 Å². The number of nitrogens with one attached hydrogen (secondary N) is 2. The first-order valence-electron chi connectivity index (χ1n) is 11.3. The molecule has 6 nitrogen and oxygen atoms in total. The molecule has 2 aromatic carbocycles. The van der Waals surface area contributed by atoms with Crippen molar-refractivity contribution in [3.63, 3.8) is 0 Å². The molecule has 1 aromatic heterocycles. The molecule has 0 aliphatic carbocycles. The van der Waals surface area contributed by atoms with Crippen LogP contribution < -0.4 is 10.6 Å². The van der Waals surface area contributed by atoms with E-state index < -0.39 is 0 Å². The Kier molecular flexibility index (Phi) is 5.66. The number of imidazole rings is 1. The number of benzene rings is 2. The monoisotopic (exact) mass is 433 g/mol. The zero-order valence-electron chi connectivity index (χ0n) is 18.3. The molecule has 32 heavy (non-hydrogen) atoms. The smallest absolute Gasteiger partial charge is 0.227 e. The van der Waals surface area contributed by atoms with E-state index in [0.29, 0.717) is 19.6 Å². The van der Waals surface area contributed by atoms with Gasteiger partial charge in [0.05, 0.1) is 12.5 Å². The lowest BCUT2D eigenvalue weighted by molar-refractivity contribution is -0.137. The van der Waals surface area contributed by atoms with Gasteiger partial charge in [-0.25, -0.2) is 9.37 Å². The third-order valence-corrected chi connectivity index (χ3v) is 6.36. The van der Waals surface area contributed by atoms with Crippen LogP contribution >= 0.6 is 0 Å². The van der Waals surface area contributed by atoms with E-state index in [-0.39, 0.29) is 17.6 Å². The van der Waals surface area contributed by atoms with E-state index in [1.54, 1.807) is 12.1 Å². The molecule has 0 spiro atoms. The van der Waals surface area contributed by atoms with Crippen LogP contribution in [0.2, 0.25) is 0 Å². The summed E-state index contributed by atoms with van der Waals surface area (Å²) in [6, 6.07) is 14.6. The highest BCUT2D eigenvalue weighted by Crippen LogP contribution is 2.33. The number of nitrogens with zero attached hydrogens (tertiary/aromatic N) is 3. The van der Waals surface area contributed by atoms with Crippen molar-refractivity contribution < 1.29 is 9.18 Å². The number of halogens is 1. The van der Waals surface area contributed by atoms with Gasteiger partial charge in [0.1, 0.15) is 23.2 Å². The highest BCUT2D eigenvalue weighted by Gasteiger charge is 2.31. The second-order valence-electron chi connectivity index (χ2n) is 8.68. The number of aryl methyl sites for hydroxylation is 1. The number of aromatic nitrogens is 2. The maximum absolute atomic E-state index is 13.5. The Bertz CT molecular complexity index is 1100. The first kappa shape index (κ1) is 20.7. The van der Waals surface area contributed by atoms with Gasteiger partial charge in [0, 0.05) is 30.9 Å². The van der Waals surface area contributed by atoms with Crippen molar-refractivity contribution in [2.24, 2.45) is 5.92 Å². The molecule has 1 fully saturated rings. The van der Waals surface area contributed by atoms with E-state index in [0.717, 1.165) is 54.5 Å². The SMILES string of the molecule is Cc1ccc(Nc2c(-c3ccc(F)cc3)nc3n2CCN(C(=O)[C@@H]2CCCNC2)C3)cc1. The molecule has 166 valence electrons. The molecule has 3 heterocycles. The number of carbonyl (C=O) groups excluding carboxylic acids is 1. The summed E-state index contributed by atoms with van der Waals surface area (Å²) < 4.78 is 15.7. The Balaban J connectivity index is 1.47. The lowest BCUT2D eigenvalue weighted by Gasteiger charge is -2.33. The number of hydrogen-bond acceptors (Lipinski definition) is 4. The molecule has 2 aliphatic heterocycles. The van der Waals surface area contributed by atoms with E-state index in [1.807, 2.05) is 17.0 Å². The molecule has 1 amide bonds. The Morgan fingerprint density at radius 1 is 1.12 bits per heavy atom. The van der Waals surface area contributed by atoms with Crippen LogP contribution in [-0.2, 0) is 17.9 Å². The van der Waals surface area contributed by atoms with E-state index in [9.17, 15) is 9.18 Å². The van der Waals surface area contributed by atoms with Crippen molar-refractivity contribution in [3.05, 3.63) is 65.7 Å². The molecule has 0 bridgehead atoms. The number of hydrogen-bond donors (Lipinski definition) is 2. The largest absolute Gasteiger partial charge is 0.340 e. The minimum atomic E-state index is -0.274. The third-order valence-electron chi connectivity index (χ3n) is 6.36. The minimum absolute atomic E-state index is 0.0481. The van der Waals surface area contributed by atoms with Gasteiger partial charge in [-0.2, -0.15) is 0 Å². The second kappa shape index (κ2) is 8.74. The number of piperidine rings is 1. The first-order valence-corrected chi connectivity index (χ1v) is 11.3. The van der Waals surface area contributed by atoms with Crippen molar-refractivity contribution in [2.75, 3.05) is 25.0 Å². The maximum Gasteiger partial charge on any atom is 0.227 e. The molecular formula is C25H28FN5O. The van der Waals surface area contributed by atoms with Gasteiger partial charge in [-0.3, -0.25) is 4.79 Å².